The summed E-state index contributed by atoms with van der Waals surface area (Å²) in [7, 11) is -3.53. The molecule has 1 atom stereocenters. The first-order valence-corrected chi connectivity index (χ1v) is 12.9. The number of benzene rings is 3. The van der Waals surface area contributed by atoms with Crippen molar-refractivity contribution in [2.24, 2.45) is 0 Å². The van der Waals surface area contributed by atoms with Gasteiger partial charge < -0.3 is 16.0 Å². The summed E-state index contributed by atoms with van der Waals surface area (Å²) in [6.07, 6.45) is 0.717. The molecule has 0 bridgehead atoms. The van der Waals surface area contributed by atoms with Gasteiger partial charge in [-0.15, -0.1) is 0 Å². The summed E-state index contributed by atoms with van der Waals surface area (Å²) in [5, 5.41) is 8.63. The molecular formula is C26H27N3O4S. The molecule has 176 valence electrons. The van der Waals surface area contributed by atoms with Crippen molar-refractivity contribution in [2.75, 3.05) is 22.9 Å². The Morgan fingerprint density at radius 2 is 1.71 bits per heavy atom. The number of rotatable bonds is 8. The van der Waals surface area contributed by atoms with Crippen molar-refractivity contribution in [3.8, 4) is 0 Å². The number of hydrogen-bond donors (Lipinski definition) is 3. The number of amides is 2. The van der Waals surface area contributed by atoms with Crippen molar-refractivity contribution in [1.82, 2.24) is 5.32 Å². The predicted octanol–water partition coefficient (Wildman–Crippen LogP) is 3.32. The minimum absolute atomic E-state index is 0.130. The van der Waals surface area contributed by atoms with E-state index in [1.807, 2.05) is 55.5 Å². The van der Waals surface area contributed by atoms with E-state index in [4.69, 9.17) is 0 Å². The lowest BCUT2D eigenvalue weighted by atomic mass is 10.1. The molecule has 0 saturated heterocycles. The molecule has 3 N–H and O–H groups in total. The van der Waals surface area contributed by atoms with Crippen LogP contribution < -0.4 is 16.0 Å². The summed E-state index contributed by atoms with van der Waals surface area (Å²) in [5.41, 5.74) is 4.26. The number of carbonyl (C=O) groups excluding carboxylic acids is 2. The molecule has 0 saturated carbocycles. The average Bonchev–Trinajstić information content (AvgIpc) is 2.79. The van der Waals surface area contributed by atoms with Crippen LogP contribution in [0.15, 0.2) is 72.8 Å². The van der Waals surface area contributed by atoms with E-state index in [9.17, 15) is 18.0 Å². The number of hydrogen-bond acceptors (Lipinski definition) is 5. The second kappa shape index (κ2) is 10.1. The van der Waals surface area contributed by atoms with Gasteiger partial charge in [0, 0.05) is 12.1 Å². The molecule has 1 aliphatic rings. The van der Waals surface area contributed by atoms with Gasteiger partial charge in [-0.25, -0.2) is 8.42 Å². The quantitative estimate of drug-likeness (QED) is 0.462. The van der Waals surface area contributed by atoms with Gasteiger partial charge in [0.2, 0.25) is 5.91 Å². The number of anilines is 2. The monoisotopic (exact) mass is 477 g/mol. The van der Waals surface area contributed by atoms with Crippen LogP contribution in [0, 0.1) is 6.92 Å². The first kappa shape index (κ1) is 23.5. The second-order valence-electron chi connectivity index (χ2n) is 8.48. The van der Waals surface area contributed by atoms with E-state index < -0.39 is 21.8 Å². The second-order valence-corrected chi connectivity index (χ2v) is 10.6. The van der Waals surface area contributed by atoms with E-state index in [1.165, 1.54) is 0 Å². The minimum atomic E-state index is -3.53. The van der Waals surface area contributed by atoms with Crippen molar-refractivity contribution < 1.29 is 18.0 Å². The molecule has 34 heavy (non-hydrogen) atoms. The van der Waals surface area contributed by atoms with Gasteiger partial charge in [-0.2, -0.15) is 0 Å². The van der Waals surface area contributed by atoms with Crippen molar-refractivity contribution in [3.63, 3.8) is 0 Å². The lowest BCUT2D eigenvalue weighted by Crippen LogP contribution is -2.43. The summed E-state index contributed by atoms with van der Waals surface area (Å²) in [6.45, 7) is 2.40. The molecule has 8 heteroatoms. The highest BCUT2D eigenvalue weighted by atomic mass is 32.2. The molecule has 0 spiro atoms. The van der Waals surface area contributed by atoms with Crippen LogP contribution >= 0.6 is 0 Å². The zero-order valence-electron chi connectivity index (χ0n) is 18.9. The molecule has 0 aliphatic carbocycles. The first-order chi connectivity index (χ1) is 16.3. The molecule has 2 amide bonds. The average molecular weight is 478 g/mol. The summed E-state index contributed by atoms with van der Waals surface area (Å²) in [6, 6.07) is 21.2. The first-order valence-electron chi connectivity index (χ1n) is 11.1. The van der Waals surface area contributed by atoms with Crippen molar-refractivity contribution >= 4 is 33.0 Å². The maximum absolute atomic E-state index is 12.7. The molecule has 1 unspecified atom stereocenters. The Hall–Kier alpha value is -3.65. The fourth-order valence-corrected chi connectivity index (χ4v) is 5.49. The minimum Gasteiger partial charge on any atom is -0.371 e. The van der Waals surface area contributed by atoms with Crippen LogP contribution in [-0.4, -0.2) is 38.6 Å². The Bertz CT molecular complexity index is 1310. The van der Waals surface area contributed by atoms with Crippen molar-refractivity contribution in [2.45, 2.75) is 25.1 Å². The third-order valence-electron chi connectivity index (χ3n) is 5.62. The van der Waals surface area contributed by atoms with Gasteiger partial charge in [0.05, 0.1) is 22.9 Å². The number of carbonyl (C=O) groups is 2. The highest BCUT2D eigenvalue weighted by Crippen LogP contribution is 2.28. The van der Waals surface area contributed by atoms with Gasteiger partial charge >= 0.3 is 0 Å². The normalized spacial score (nSPS) is 15.1. The van der Waals surface area contributed by atoms with E-state index in [1.54, 1.807) is 24.3 Å². The topological polar surface area (TPSA) is 104 Å². The summed E-state index contributed by atoms with van der Waals surface area (Å²) < 4.78 is 25.4. The summed E-state index contributed by atoms with van der Waals surface area (Å²) in [5.74, 6) is -1.14. The molecule has 1 aliphatic heterocycles. The highest BCUT2D eigenvalue weighted by molar-refractivity contribution is 7.90. The molecule has 4 rings (SSSR count). The number of aryl methyl sites for hydroxylation is 1. The van der Waals surface area contributed by atoms with Gasteiger partial charge in [0.15, 0.2) is 9.84 Å². The lowest BCUT2D eigenvalue weighted by molar-refractivity contribution is -0.116. The molecule has 3 aromatic carbocycles. The highest BCUT2D eigenvalue weighted by Gasteiger charge is 2.30. The van der Waals surface area contributed by atoms with Crippen LogP contribution in [0.3, 0.4) is 0 Å². The van der Waals surface area contributed by atoms with E-state index >= 15 is 0 Å². The van der Waals surface area contributed by atoms with Gasteiger partial charge in [-0.1, -0.05) is 60.2 Å². The molecule has 0 fully saturated rings. The zero-order valence-corrected chi connectivity index (χ0v) is 19.7. The largest absolute Gasteiger partial charge is 0.371 e. The van der Waals surface area contributed by atoms with Crippen LogP contribution in [-0.2, 0) is 26.8 Å². The Kier molecular flexibility index (Phi) is 6.98. The summed E-state index contributed by atoms with van der Waals surface area (Å²) in [4.78, 5) is 25.1. The van der Waals surface area contributed by atoms with Gasteiger partial charge in [-0.05, 0) is 42.7 Å². The zero-order chi connectivity index (χ0) is 24.1. The standard InChI is InChI=1S/C26H27N3O4S/c1-18-6-5-9-20(14-18)16-34(32,33)17-24-26(31)29-23-15-21(10-11-22(23)28-24)25(30)27-13-12-19-7-3-2-4-8-19/h2-11,14-15,24,28H,12-13,16-17H2,1H3,(H,27,30)(H,29,31). The summed E-state index contributed by atoms with van der Waals surface area (Å²) >= 11 is 0. The third-order valence-corrected chi connectivity index (χ3v) is 7.23. The van der Waals surface area contributed by atoms with Crippen LogP contribution in [0.1, 0.15) is 27.0 Å². The van der Waals surface area contributed by atoms with Crippen LogP contribution in [0.5, 0.6) is 0 Å². The van der Waals surface area contributed by atoms with Crippen molar-refractivity contribution in [3.05, 3.63) is 95.1 Å². The SMILES string of the molecule is Cc1cccc(CS(=O)(=O)CC2Nc3ccc(C(=O)NCCc4ccccc4)cc3NC2=O)c1. The Morgan fingerprint density at radius 3 is 2.47 bits per heavy atom. The number of nitrogens with one attached hydrogen (secondary N) is 3. The fraction of sp³-hybridized carbons (Fsp3) is 0.231. The fourth-order valence-electron chi connectivity index (χ4n) is 3.94. The predicted molar refractivity (Wildman–Crippen MR) is 134 cm³/mol. The van der Waals surface area contributed by atoms with E-state index in [-0.39, 0.29) is 17.4 Å². The van der Waals surface area contributed by atoms with Crippen LogP contribution in [0.2, 0.25) is 0 Å². The molecule has 0 radical (unpaired) electrons. The van der Waals surface area contributed by atoms with Gasteiger partial charge in [0.1, 0.15) is 6.04 Å². The number of sulfone groups is 1. The lowest BCUT2D eigenvalue weighted by Gasteiger charge is -2.27. The van der Waals surface area contributed by atoms with E-state index in [2.05, 4.69) is 16.0 Å². The van der Waals surface area contributed by atoms with E-state index in [0.717, 1.165) is 11.1 Å². The van der Waals surface area contributed by atoms with Crippen molar-refractivity contribution in [1.29, 1.82) is 0 Å². The molecule has 3 aromatic rings. The third kappa shape index (κ3) is 6.02. The Balaban J connectivity index is 1.37. The Morgan fingerprint density at radius 1 is 0.941 bits per heavy atom. The van der Waals surface area contributed by atoms with Crippen LogP contribution in [0.4, 0.5) is 11.4 Å². The molecule has 7 nitrogen and oxygen atoms in total. The van der Waals surface area contributed by atoms with E-state index in [0.29, 0.717) is 35.5 Å². The molecular weight excluding hydrogens is 450 g/mol. The Labute approximate surface area is 199 Å². The maximum Gasteiger partial charge on any atom is 0.251 e. The smallest absolute Gasteiger partial charge is 0.251 e. The maximum atomic E-state index is 12.7. The number of fused-ring (bicyclic) bond motifs is 1. The molecule has 1 heterocycles. The molecule has 0 aromatic heterocycles. The van der Waals surface area contributed by atoms with Gasteiger partial charge in [0.25, 0.3) is 5.91 Å². The van der Waals surface area contributed by atoms with Crippen LogP contribution in [0.25, 0.3) is 0 Å². The van der Waals surface area contributed by atoms with Gasteiger partial charge in [-0.3, -0.25) is 9.59 Å².